The van der Waals surface area contributed by atoms with Crippen LogP contribution in [0.25, 0.3) is 0 Å². The van der Waals surface area contributed by atoms with Gasteiger partial charge >= 0.3 is 0 Å². The fourth-order valence-electron chi connectivity index (χ4n) is 2.32. The highest BCUT2D eigenvalue weighted by Crippen LogP contribution is 2.14. The molecule has 2 aromatic carbocycles. The van der Waals surface area contributed by atoms with Gasteiger partial charge in [-0.2, -0.15) is 0 Å². The lowest BCUT2D eigenvalue weighted by atomic mass is 9.99. The molecule has 0 aliphatic heterocycles. The first-order valence-electron chi connectivity index (χ1n) is 6.89. The summed E-state index contributed by atoms with van der Waals surface area (Å²) in [5, 5.41) is 4.37. The summed E-state index contributed by atoms with van der Waals surface area (Å²) in [6.45, 7) is 3.14. The smallest absolute Gasteiger partial charge is 0.0406 e. The van der Waals surface area contributed by atoms with Crippen molar-refractivity contribution in [3.05, 3.63) is 68.3 Å². The molecule has 106 valence electrons. The van der Waals surface area contributed by atoms with Gasteiger partial charge in [0.25, 0.3) is 0 Å². The van der Waals surface area contributed by atoms with Gasteiger partial charge in [0.05, 0.1) is 0 Å². The molecule has 0 aliphatic rings. The number of benzene rings is 2. The van der Waals surface area contributed by atoms with Crippen LogP contribution in [-0.4, -0.2) is 12.6 Å². The third-order valence-corrected chi connectivity index (χ3v) is 4.25. The number of likely N-dealkylation sites (N-methyl/N-ethyl adjacent to an activating group) is 1. The van der Waals surface area contributed by atoms with E-state index < -0.39 is 0 Å². The summed E-state index contributed by atoms with van der Waals surface area (Å²) in [4.78, 5) is 0. The summed E-state index contributed by atoms with van der Waals surface area (Å²) < 4.78 is 1.28. The average Bonchev–Trinajstić information content (AvgIpc) is 2.44. The molecule has 1 unspecified atom stereocenters. The first-order valence-corrected chi connectivity index (χ1v) is 8.35. The van der Waals surface area contributed by atoms with Gasteiger partial charge in [-0.25, -0.2) is 0 Å². The lowest BCUT2D eigenvalue weighted by Crippen LogP contribution is -2.33. The van der Waals surface area contributed by atoms with Crippen molar-refractivity contribution in [2.24, 2.45) is 0 Å². The van der Waals surface area contributed by atoms with Crippen LogP contribution in [0.2, 0.25) is 5.02 Å². The Morgan fingerprint density at radius 3 is 1.95 bits per heavy atom. The van der Waals surface area contributed by atoms with Crippen LogP contribution in [0.5, 0.6) is 0 Å². The third-order valence-electron chi connectivity index (χ3n) is 3.28. The molecule has 2 aromatic rings. The molecule has 0 amide bonds. The molecule has 0 saturated heterocycles. The van der Waals surface area contributed by atoms with Gasteiger partial charge in [-0.15, -0.1) is 0 Å². The van der Waals surface area contributed by atoms with Crippen LogP contribution in [0.4, 0.5) is 0 Å². The molecule has 0 aliphatic carbocycles. The van der Waals surface area contributed by atoms with E-state index in [1.165, 1.54) is 14.7 Å². The fourth-order valence-corrected chi connectivity index (χ4v) is 2.80. The Morgan fingerprint density at radius 2 is 1.45 bits per heavy atom. The predicted molar refractivity (Wildman–Crippen MR) is 95.5 cm³/mol. The van der Waals surface area contributed by atoms with Crippen LogP contribution in [0.15, 0.2) is 48.5 Å². The van der Waals surface area contributed by atoms with E-state index in [2.05, 4.69) is 71.2 Å². The second kappa shape index (κ2) is 8.01. The normalized spacial score (nSPS) is 12.3. The first-order chi connectivity index (χ1) is 9.67. The highest BCUT2D eigenvalue weighted by molar-refractivity contribution is 14.1. The maximum atomic E-state index is 5.94. The Hall–Kier alpha value is -0.580. The Morgan fingerprint density at radius 1 is 0.950 bits per heavy atom. The largest absolute Gasteiger partial charge is 0.314 e. The van der Waals surface area contributed by atoms with Gasteiger partial charge in [0, 0.05) is 14.6 Å². The van der Waals surface area contributed by atoms with Crippen LogP contribution in [-0.2, 0) is 12.8 Å². The first kappa shape index (κ1) is 15.8. The van der Waals surface area contributed by atoms with E-state index in [1.807, 2.05) is 12.1 Å². The summed E-state index contributed by atoms with van der Waals surface area (Å²) in [6, 6.07) is 17.4. The number of hydrogen-bond acceptors (Lipinski definition) is 1. The molecule has 1 N–H and O–H groups in total. The minimum Gasteiger partial charge on any atom is -0.314 e. The van der Waals surface area contributed by atoms with Crippen LogP contribution in [0.1, 0.15) is 18.1 Å². The molecule has 0 saturated carbocycles. The maximum Gasteiger partial charge on any atom is 0.0406 e. The number of hydrogen-bond donors (Lipinski definition) is 1. The molecule has 0 radical (unpaired) electrons. The van der Waals surface area contributed by atoms with Gasteiger partial charge in [0.15, 0.2) is 0 Å². The molecule has 0 heterocycles. The van der Waals surface area contributed by atoms with E-state index >= 15 is 0 Å². The highest BCUT2D eigenvalue weighted by Gasteiger charge is 2.09. The Bertz CT molecular complexity index is 474. The van der Waals surface area contributed by atoms with Crippen molar-refractivity contribution < 1.29 is 0 Å². The molecule has 0 spiro atoms. The monoisotopic (exact) mass is 399 g/mol. The zero-order valence-electron chi connectivity index (χ0n) is 11.6. The van der Waals surface area contributed by atoms with Crippen LogP contribution in [0.3, 0.4) is 0 Å². The van der Waals surface area contributed by atoms with E-state index in [-0.39, 0.29) is 0 Å². The van der Waals surface area contributed by atoms with Crippen molar-refractivity contribution in [3.63, 3.8) is 0 Å². The van der Waals surface area contributed by atoms with E-state index in [4.69, 9.17) is 11.6 Å². The molecule has 0 fully saturated rings. The lowest BCUT2D eigenvalue weighted by molar-refractivity contribution is 0.521. The van der Waals surface area contributed by atoms with Crippen molar-refractivity contribution in [2.45, 2.75) is 25.8 Å². The Labute approximate surface area is 139 Å². The average molecular weight is 400 g/mol. The van der Waals surface area contributed by atoms with Crippen molar-refractivity contribution in [1.29, 1.82) is 0 Å². The van der Waals surface area contributed by atoms with Crippen LogP contribution in [0, 0.1) is 3.57 Å². The number of rotatable bonds is 6. The molecule has 20 heavy (non-hydrogen) atoms. The van der Waals surface area contributed by atoms with E-state index in [0.717, 1.165) is 24.4 Å². The second-order valence-electron chi connectivity index (χ2n) is 4.92. The van der Waals surface area contributed by atoms with Gasteiger partial charge in [-0.05, 0) is 77.4 Å². The van der Waals surface area contributed by atoms with E-state index in [9.17, 15) is 0 Å². The maximum absolute atomic E-state index is 5.94. The summed E-state index contributed by atoms with van der Waals surface area (Å²) in [7, 11) is 0. The molecular weight excluding hydrogens is 381 g/mol. The highest BCUT2D eigenvalue weighted by atomic mass is 127. The van der Waals surface area contributed by atoms with Crippen molar-refractivity contribution in [2.75, 3.05) is 6.54 Å². The standard InChI is InChI=1S/C17H19ClIN/c1-2-20-17(11-13-3-7-15(18)8-4-13)12-14-5-9-16(19)10-6-14/h3-10,17,20H,2,11-12H2,1H3. The minimum atomic E-state index is 0.459. The zero-order chi connectivity index (χ0) is 14.4. The lowest BCUT2D eigenvalue weighted by Gasteiger charge is -2.18. The predicted octanol–water partition coefficient (Wildman–Crippen LogP) is 4.71. The van der Waals surface area contributed by atoms with Gasteiger partial charge in [0.1, 0.15) is 0 Å². The van der Waals surface area contributed by atoms with E-state index in [1.54, 1.807) is 0 Å². The van der Waals surface area contributed by atoms with Crippen molar-refractivity contribution in [3.8, 4) is 0 Å². The SMILES string of the molecule is CCNC(Cc1ccc(Cl)cc1)Cc1ccc(I)cc1. The molecule has 2 rings (SSSR count). The van der Waals surface area contributed by atoms with Gasteiger partial charge in [-0.1, -0.05) is 42.8 Å². The summed E-state index contributed by atoms with van der Waals surface area (Å²) in [5.41, 5.74) is 2.70. The van der Waals surface area contributed by atoms with Gasteiger partial charge in [0.2, 0.25) is 0 Å². The Kier molecular flexibility index (Phi) is 6.33. The number of nitrogens with one attached hydrogen (secondary N) is 1. The quantitative estimate of drug-likeness (QED) is 0.694. The van der Waals surface area contributed by atoms with Crippen LogP contribution >= 0.6 is 34.2 Å². The second-order valence-corrected chi connectivity index (χ2v) is 6.60. The molecular formula is C17H19ClIN. The third kappa shape index (κ3) is 5.08. The van der Waals surface area contributed by atoms with Gasteiger partial charge in [-0.3, -0.25) is 0 Å². The Balaban J connectivity index is 2.02. The molecule has 3 heteroatoms. The van der Waals surface area contributed by atoms with Crippen LogP contribution < -0.4 is 5.32 Å². The number of halogens is 2. The molecule has 1 atom stereocenters. The topological polar surface area (TPSA) is 12.0 Å². The minimum absolute atomic E-state index is 0.459. The van der Waals surface area contributed by atoms with Gasteiger partial charge < -0.3 is 5.32 Å². The molecule has 1 nitrogen and oxygen atoms in total. The molecule has 0 aromatic heterocycles. The summed E-state index contributed by atoms with van der Waals surface area (Å²) in [5.74, 6) is 0. The van der Waals surface area contributed by atoms with Crippen molar-refractivity contribution in [1.82, 2.24) is 5.32 Å². The zero-order valence-corrected chi connectivity index (χ0v) is 14.5. The molecule has 0 bridgehead atoms. The van der Waals surface area contributed by atoms with Crippen molar-refractivity contribution >= 4 is 34.2 Å². The summed E-state index contributed by atoms with van der Waals surface area (Å²) >= 11 is 8.28. The summed E-state index contributed by atoms with van der Waals surface area (Å²) in [6.07, 6.45) is 2.07. The van der Waals surface area contributed by atoms with E-state index in [0.29, 0.717) is 6.04 Å². The fraction of sp³-hybridized carbons (Fsp3) is 0.294.